The molecule has 0 radical (unpaired) electrons. The number of sulfonamides is 1. The third-order valence-electron chi connectivity index (χ3n) is 2.99. The molecule has 1 aromatic heterocycles. The normalized spacial score (nSPS) is 13.3. The highest BCUT2D eigenvalue weighted by Gasteiger charge is 2.21. The number of hydrogen-bond donors (Lipinski definition) is 2. The summed E-state index contributed by atoms with van der Waals surface area (Å²) in [6.07, 6.45) is 1.94. The number of nitrogens with one attached hydrogen (secondary N) is 2. The Morgan fingerprint density at radius 2 is 2.10 bits per heavy atom. The van der Waals surface area contributed by atoms with Gasteiger partial charge in [-0.05, 0) is 24.6 Å². The van der Waals surface area contributed by atoms with Crippen molar-refractivity contribution in [1.82, 2.24) is 14.7 Å². The SMILES string of the molecule is CCc1ncc(S(=O)(=O)NC(C)c2ccc(Cl)cc2Cl)[nH]1. The Labute approximate surface area is 133 Å². The Kier molecular flexibility index (Phi) is 4.93. The molecule has 0 aliphatic rings. The number of imidazole rings is 1. The molecule has 0 aliphatic heterocycles. The fourth-order valence-electron chi connectivity index (χ4n) is 1.87. The molecule has 5 nitrogen and oxygen atoms in total. The number of rotatable bonds is 5. The average Bonchev–Trinajstić information content (AvgIpc) is 2.87. The van der Waals surface area contributed by atoms with Gasteiger partial charge in [0.05, 0.1) is 6.20 Å². The van der Waals surface area contributed by atoms with Crippen molar-refractivity contribution in [1.29, 1.82) is 0 Å². The second-order valence-electron chi connectivity index (χ2n) is 4.56. The van der Waals surface area contributed by atoms with Crippen LogP contribution >= 0.6 is 23.2 Å². The number of hydrogen-bond acceptors (Lipinski definition) is 3. The van der Waals surface area contributed by atoms with Gasteiger partial charge in [0, 0.05) is 22.5 Å². The zero-order valence-electron chi connectivity index (χ0n) is 11.5. The maximum Gasteiger partial charge on any atom is 0.258 e. The lowest BCUT2D eigenvalue weighted by Crippen LogP contribution is -2.27. The quantitative estimate of drug-likeness (QED) is 0.870. The van der Waals surface area contributed by atoms with Gasteiger partial charge in [0.1, 0.15) is 5.82 Å². The molecule has 21 heavy (non-hydrogen) atoms. The van der Waals surface area contributed by atoms with Gasteiger partial charge in [-0.25, -0.2) is 18.1 Å². The minimum Gasteiger partial charge on any atom is -0.332 e. The van der Waals surface area contributed by atoms with E-state index in [4.69, 9.17) is 23.2 Å². The van der Waals surface area contributed by atoms with E-state index in [1.807, 2.05) is 6.92 Å². The second kappa shape index (κ2) is 6.36. The summed E-state index contributed by atoms with van der Waals surface area (Å²) in [4.78, 5) is 6.76. The van der Waals surface area contributed by atoms with Crippen molar-refractivity contribution in [3.05, 3.63) is 45.8 Å². The smallest absolute Gasteiger partial charge is 0.258 e. The van der Waals surface area contributed by atoms with Crippen LogP contribution in [-0.4, -0.2) is 18.4 Å². The molecule has 8 heteroatoms. The molecule has 0 bridgehead atoms. The molecule has 1 unspecified atom stereocenters. The summed E-state index contributed by atoms with van der Waals surface area (Å²) >= 11 is 11.9. The number of halogens is 2. The van der Waals surface area contributed by atoms with Crippen molar-refractivity contribution in [2.45, 2.75) is 31.3 Å². The van der Waals surface area contributed by atoms with E-state index in [0.717, 1.165) is 0 Å². The van der Waals surface area contributed by atoms with Crippen molar-refractivity contribution in [3.63, 3.8) is 0 Å². The number of aryl methyl sites for hydroxylation is 1. The van der Waals surface area contributed by atoms with Gasteiger partial charge in [0.2, 0.25) is 0 Å². The van der Waals surface area contributed by atoms with E-state index in [1.165, 1.54) is 6.20 Å². The molecular formula is C13H15Cl2N3O2S. The van der Waals surface area contributed by atoms with E-state index in [0.29, 0.717) is 27.9 Å². The lowest BCUT2D eigenvalue weighted by Gasteiger charge is -2.15. The van der Waals surface area contributed by atoms with Crippen molar-refractivity contribution >= 4 is 33.2 Å². The molecule has 0 fully saturated rings. The Bertz CT molecular complexity index is 744. The minimum atomic E-state index is -3.68. The largest absolute Gasteiger partial charge is 0.332 e. The predicted octanol–water partition coefficient (Wildman–Crippen LogP) is 3.32. The molecule has 114 valence electrons. The molecule has 1 heterocycles. The molecule has 0 saturated heterocycles. The number of nitrogens with zero attached hydrogens (tertiary/aromatic N) is 1. The standard InChI is InChI=1S/C13H15Cl2N3O2S/c1-3-12-16-7-13(17-12)21(19,20)18-8(2)10-5-4-9(14)6-11(10)15/h4-8,18H,3H2,1-2H3,(H,16,17). The zero-order valence-corrected chi connectivity index (χ0v) is 13.9. The maximum atomic E-state index is 12.3. The van der Waals surface area contributed by atoms with Crippen LogP contribution in [0.3, 0.4) is 0 Å². The van der Waals surface area contributed by atoms with Crippen LogP contribution in [0.5, 0.6) is 0 Å². The van der Waals surface area contributed by atoms with Crippen molar-refractivity contribution < 1.29 is 8.42 Å². The first-order chi connectivity index (χ1) is 9.83. The van der Waals surface area contributed by atoms with E-state index in [1.54, 1.807) is 25.1 Å². The van der Waals surface area contributed by atoms with E-state index in [2.05, 4.69) is 14.7 Å². The molecule has 1 atom stereocenters. The lowest BCUT2D eigenvalue weighted by atomic mass is 10.1. The minimum absolute atomic E-state index is 0.0382. The summed E-state index contributed by atoms with van der Waals surface area (Å²) in [5.74, 6) is 0.618. The van der Waals surface area contributed by atoms with Crippen LogP contribution in [-0.2, 0) is 16.4 Å². The summed E-state index contributed by atoms with van der Waals surface area (Å²) in [5, 5.41) is 0.952. The van der Waals surface area contributed by atoms with Crippen LogP contribution in [0.4, 0.5) is 0 Å². The van der Waals surface area contributed by atoms with Crippen LogP contribution < -0.4 is 4.72 Å². The van der Waals surface area contributed by atoms with Crippen LogP contribution in [0, 0.1) is 0 Å². The van der Waals surface area contributed by atoms with Gasteiger partial charge in [-0.2, -0.15) is 0 Å². The first-order valence-electron chi connectivity index (χ1n) is 6.34. The summed E-state index contributed by atoms with van der Waals surface area (Å²) in [6.45, 7) is 3.60. The van der Waals surface area contributed by atoms with Gasteiger partial charge in [-0.15, -0.1) is 0 Å². The van der Waals surface area contributed by atoms with Gasteiger partial charge in [0.25, 0.3) is 10.0 Å². The third-order valence-corrected chi connectivity index (χ3v) is 5.00. The highest BCUT2D eigenvalue weighted by atomic mass is 35.5. The first-order valence-corrected chi connectivity index (χ1v) is 8.58. The maximum absolute atomic E-state index is 12.3. The Balaban J connectivity index is 2.23. The Morgan fingerprint density at radius 1 is 1.38 bits per heavy atom. The molecule has 0 amide bonds. The molecule has 2 aromatic rings. The van der Waals surface area contributed by atoms with E-state index in [9.17, 15) is 8.42 Å². The molecule has 0 spiro atoms. The molecule has 2 N–H and O–H groups in total. The van der Waals surface area contributed by atoms with Crippen LogP contribution in [0.25, 0.3) is 0 Å². The third kappa shape index (κ3) is 3.77. The lowest BCUT2D eigenvalue weighted by molar-refractivity contribution is 0.563. The molecular weight excluding hydrogens is 333 g/mol. The Hall–Kier alpha value is -1.08. The van der Waals surface area contributed by atoms with Crippen molar-refractivity contribution in [2.75, 3.05) is 0 Å². The molecule has 2 rings (SSSR count). The fourth-order valence-corrected chi connectivity index (χ4v) is 3.61. The topological polar surface area (TPSA) is 74.8 Å². The van der Waals surface area contributed by atoms with E-state index in [-0.39, 0.29) is 5.03 Å². The number of H-pyrrole nitrogens is 1. The van der Waals surface area contributed by atoms with Gasteiger partial charge in [0.15, 0.2) is 5.03 Å². The van der Waals surface area contributed by atoms with Gasteiger partial charge < -0.3 is 4.98 Å². The summed E-state index contributed by atoms with van der Waals surface area (Å²) < 4.78 is 27.1. The summed E-state index contributed by atoms with van der Waals surface area (Å²) in [5.41, 5.74) is 0.653. The van der Waals surface area contributed by atoms with Gasteiger partial charge in [-0.1, -0.05) is 36.2 Å². The molecule has 0 aliphatic carbocycles. The molecule has 1 aromatic carbocycles. The van der Waals surface area contributed by atoms with Gasteiger partial charge >= 0.3 is 0 Å². The highest BCUT2D eigenvalue weighted by Crippen LogP contribution is 2.27. The average molecular weight is 348 g/mol. The monoisotopic (exact) mass is 347 g/mol. The Morgan fingerprint density at radius 3 is 2.67 bits per heavy atom. The predicted molar refractivity (Wildman–Crippen MR) is 83.2 cm³/mol. The molecule has 0 saturated carbocycles. The number of benzene rings is 1. The van der Waals surface area contributed by atoms with E-state index >= 15 is 0 Å². The summed E-state index contributed by atoms with van der Waals surface area (Å²) in [7, 11) is -3.68. The van der Waals surface area contributed by atoms with Crippen molar-refractivity contribution in [3.8, 4) is 0 Å². The van der Waals surface area contributed by atoms with Crippen molar-refractivity contribution in [2.24, 2.45) is 0 Å². The van der Waals surface area contributed by atoms with Gasteiger partial charge in [-0.3, -0.25) is 0 Å². The zero-order chi connectivity index (χ0) is 15.6. The number of aromatic amines is 1. The number of aromatic nitrogens is 2. The second-order valence-corrected chi connectivity index (χ2v) is 7.08. The van der Waals surface area contributed by atoms with E-state index < -0.39 is 16.1 Å². The fraction of sp³-hybridized carbons (Fsp3) is 0.308. The van der Waals surface area contributed by atoms with Crippen LogP contribution in [0.1, 0.15) is 31.3 Å². The van der Waals surface area contributed by atoms with Crippen LogP contribution in [0.15, 0.2) is 29.4 Å². The van der Waals surface area contributed by atoms with Crippen LogP contribution in [0.2, 0.25) is 10.0 Å². The highest BCUT2D eigenvalue weighted by molar-refractivity contribution is 7.89. The first kappa shape index (κ1) is 16.3. The summed E-state index contributed by atoms with van der Waals surface area (Å²) in [6, 6.07) is 4.45.